The van der Waals surface area contributed by atoms with Gasteiger partial charge in [0, 0.05) is 12.7 Å². The van der Waals surface area contributed by atoms with Crippen molar-refractivity contribution in [2.75, 3.05) is 6.54 Å². The van der Waals surface area contributed by atoms with Gasteiger partial charge in [0.15, 0.2) is 0 Å². The lowest BCUT2D eigenvalue weighted by Gasteiger charge is -2.01. The van der Waals surface area contributed by atoms with Crippen LogP contribution in [0.5, 0.6) is 0 Å². The third-order valence-electron chi connectivity index (χ3n) is 2.97. The van der Waals surface area contributed by atoms with Crippen LogP contribution in [0.1, 0.15) is 64.2 Å². The van der Waals surface area contributed by atoms with Gasteiger partial charge in [-0.3, -0.25) is 0 Å². The van der Waals surface area contributed by atoms with Crippen LogP contribution in [-0.4, -0.2) is 6.54 Å². The monoisotopic (exact) mass is 207 g/mol. The molecule has 0 radical (unpaired) electrons. The van der Waals surface area contributed by atoms with E-state index in [1.165, 1.54) is 64.2 Å². The zero-order chi connectivity index (χ0) is 10.6. The summed E-state index contributed by atoms with van der Waals surface area (Å²) in [6.07, 6.45) is 17.9. The van der Waals surface area contributed by atoms with Gasteiger partial charge in [0.05, 0.1) is 0 Å². The summed E-state index contributed by atoms with van der Waals surface area (Å²) in [5, 5.41) is 3.29. The molecule has 0 amide bonds. The molecule has 0 aromatic carbocycles. The molecule has 1 nitrogen and oxygen atoms in total. The largest absolute Gasteiger partial charge is 0.385 e. The molecule has 1 heteroatoms. The van der Waals surface area contributed by atoms with E-state index in [-0.39, 0.29) is 0 Å². The first-order valence-corrected chi connectivity index (χ1v) is 6.63. The van der Waals surface area contributed by atoms with Gasteiger partial charge < -0.3 is 5.32 Å². The van der Waals surface area contributed by atoms with Crippen LogP contribution in [0.25, 0.3) is 0 Å². The fourth-order valence-electron chi connectivity index (χ4n) is 1.98. The van der Waals surface area contributed by atoms with Crippen LogP contribution in [0.3, 0.4) is 0 Å². The summed E-state index contributed by atoms with van der Waals surface area (Å²) in [5.74, 6) is 0. The zero-order valence-corrected chi connectivity index (χ0v) is 9.93. The fourth-order valence-corrected chi connectivity index (χ4v) is 1.98. The van der Waals surface area contributed by atoms with Crippen LogP contribution in [0.4, 0.5) is 0 Å². The molecule has 0 unspecified atom stereocenters. The molecule has 0 spiro atoms. The summed E-state index contributed by atoms with van der Waals surface area (Å²) in [6.45, 7) is 1.11. The lowest BCUT2D eigenvalue weighted by atomic mass is 10.1. The third-order valence-corrected chi connectivity index (χ3v) is 2.97. The van der Waals surface area contributed by atoms with Crippen LogP contribution in [-0.2, 0) is 0 Å². The Balaban J connectivity index is 2.16. The van der Waals surface area contributed by atoms with Crippen molar-refractivity contribution < 1.29 is 0 Å². The molecular formula is C14H25N. The SMILES string of the molecule is C1=CCCCCCCCCCCCNC=1. The summed E-state index contributed by atoms with van der Waals surface area (Å²) >= 11 is 0. The van der Waals surface area contributed by atoms with Crippen molar-refractivity contribution >= 4 is 0 Å². The Morgan fingerprint density at radius 3 is 2.07 bits per heavy atom. The Morgan fingerprint density at radius 2 is 1.33 bits per heavy atom. The number of nitrogens with one attached hydrogen (secondary N) is 1. The Morgan fingerprint density at radius 1 is 0.733 bits per heavy atom. The maximum atomic E-state index is 3.29. The first kappa shape index (κ1) is 12.4. The maximum absolute atomic E-state index is 3.29. The van der Waals surface area contributed by atoms with E-state index in [2.05, 4.69) is 17.1 Å². The van der Waals surface area contributed by atoms with Gasteiger partial charge in [-0.25, -0.2) is 0 Å². The van der Waals surface area contributed by atoms with Crippen molar-refractivity contribution in [2.24, 2.45) is 0 Å². The first-order valence-electron chi connectivity index (χ1n) is 6.63. The minimum absolute atomic E-state index is 1.11. The number of hydrogen-bond acceptors (Lipinski definition) is 1. The Labute approximate surface area is 94.6 Å². The van der Waals surface area contributed by atoms with Crippen molar-refractivity contribution in [3.63, 3.8) is 0 Å². The molecular weight excluding hydrogens is 182 g/mol. The summed E-state index contributed by atoms with van der Waals surface area (Å²) < 4.78 is 0. The van der Waals surface area contributed by atoms with Crippen molar-refractivity contribution in [3.8, 4) is 0 Å². The fraction of sp³-hybridized carbons (Fsp3) is 0.786. The molecule has 0 aliphatic carbocycles. The van der Waals surface area contributed by atoms with Gasteiger partial charge in [-0.15, -0.1) is 5.73 Å². The van der Waals surface area contributed by atoms with Gasteiger partial charge in [-0.1, -0.05) is 44.9 Å². The maximum Gasteiger partial charge on any atom is 0.0394 e. The molecule has 0 saturated carbocycles. The summed E-state index contributed by atoms with van der Waals surface area (Å²) in [4.78, 5) is 0. The lowest BCUT2D eigenvalue weighted by molar-refractivity contribution is 0.557. The molecule has 1 rings (SSSR count). The van der Waals surface area contributed by atoms with E-state index in [0.29, 0.717) is 0 Å². The highest BCUT2D eigenvalue weighted by molar-refractivity contribution is 4.83. The number of rotatable bonds is 0. The standard InChI is InChI=1S/C14H25N/c1-2-4-6-8-10-12-14-15-13-11-9-7-5-3-1/h9,13,15H,1-8,10,12,14H2. The quantitative estimate of drug-likeness (QED) is 0.588. The third kappa shape index (κ3) is 8.32. The highest BCUT2D eigenvalue weighted by Gasteiger charge is 1.92. The van der Waals surface area contributed by atoms with Gasteiger partial charge in [-0.05, 0) is 25.3 Å². The number of hydrogen-bond donors (Lipinski definition) is 1. The second-order valence-electron chi connectivity index (χ2n) is 4.44. The highest BCUT2D eigenvalue weighted by atomic mass is 14.8. The van der Waals surface area contributed by atoms with Crippen molar-refractivity contribution in [2.45, 2.75) is 64.2 Å². The normalized spacial score (nSPS) is 21.3. The van der Waals surface area contributed by atoms with Crippen LogP contribution in [0.15, 0.2) is 18.0 Å². The predicted octanol–water partition coefficient (Wildman–Crippen LogP) is 4.16. The highest BCUT2D eigenvalue weighted by Crippen LogP contribution is 2.10. The molecule has 0 saturated heterocycles. The minimum atomic E-state index is 1.11. The van der Waals surface area contributed by atoms with E-state index in [9.17, 15) is 0 Å². The topological polar surface area (TPSA) is 12.0 Å². The van der Waals surface area contributed by atoms with Crippen molar-refractivity contribution in [1.82, 2.24) is 5.32 Å². The minimum Gasteiger partial charge on any atom is -0.385 e. The van der Waals surface area contributed by atoms with Crippen molar-refractivity contribution in [3.05, 3.63) is 18.0 Å². The molecule has 1 N–H and O–H groups in total. The van der Waals surface area contributed by atoms with Gasteiger partial charge in [0.25, 0.3) is 0 Å². The smallest absolute Gasteiger partial charge is 0.0394 e. The van der Waals surface area contributed by atoms with E-state index in [4.69, 9.17) is 0 Å². The van der Waals surface area contributed by atoms with E-state index < -0.39 is 0 Å². The zero-order valence-electron chi connectivity index (χ0n) is 9.93. The lowest BCUT2D eigenvalue weighted by Crippen LogP contribution is -2.05. The molecule has 0 aromatic rings. The molecule has 0 bridgehead atoms. The molecule has 1 aliphatic rings. The predicted molar refractivity (Wildman–Crippen MR) is 66.8 cm³/mol. The van der Waals surface area contributed by atoms with Crippen LogP contribution >= 0.6 is 0 Å². The Bertz CT molecular complexity index is 172. The second-order valence-corrected chi connectivity index (χ2v) is 4.44. The van der Waals surface area contributed by atoms with Gasteiger partial charge >= 0.3 is 0 Å². The molecule has 15 heavy (non-hydrogen) atoms. The summed E-state index contributed by atoms with van der Waals surface area (Å²) in [5.41, 5.74) is 3.19. The first-order chi connectivity index (χ1) is 7.50. The summed E-state index contributed by atoms with van der Waals surface area (Å²) in [6, 6.07) is 0. The van der Waals surface area contributed by atoms with E-state index >= 15 is 0 Å². The van der Waals surface area contributed by atoms with Crippen LogP contribution < -0.4 is 5.32 Å². The van der Waals surface area contributed by atoms with E-state index in [0.717, 1.165) is 6.54 Å². The van der Waals surface area contributed by atoms with Gasteiger partial charge in [0.1, 0.15) is 0 Å². The molecule has 0 fully saturated rings. The summed E-state index contributed by atoms with van der Waals surface area (Å²) in [7, 11) is 0. The average molecular weight is 207 g/mol. The molecule has 0 atom stereocenters. The second kappa shape index (κ2) is 9.86. The Hall–Kier alpha value is -0.680. The van der Waals surface area contributed by atoms with Crippen molar-refractivity contribution in [1.29, 1.82) is 0 Å². The molecule has 1 aliphatic heterocycles. The molecule has 1 heterocycles. The van der Waals surface area contributed by atoms with Crippen LogP contribution in [0, 0.1) is 0 Å². The van der Waals surface area contributed by atoms with Gasteiger partial charge in [0.2, 0.25) is 0 Å². The Kier molecular flexibility index (Phi) is 8.14. The van der Waals surface area contributed by atoms with E-state index in [1.54, 1.807) is 0 Å². The van der Waals surface area contributed by atoms with Crippen LogP contribution in [0.2, 0.25) is 0 Å². The van der Waals surface area contributed by atoms with Gasteiger partial charge in [-0.2, -0.15) is 0 Å². The average Bonchev–Trinajstić information content (AvgIpc) is 2.27. The number of allylic oxidation sites excluding steroid dienone is 1. The van der Waals surface area contributed by atoms with E-state index in [1.807, 2.05) is 6.20 Å². The molecule has 0 aromatic heterocycles. The molecule has 86 valence electrons.